The highest BCUT2D eigenvalue weighted by atomic mass is 16.2. The van der Waals surface area contributed by atoms with Gasteiger partial charge >= 0.3 is 0 Å². The number of nitrogens with zero attached hydrogens (tertiary/aromatic N) is 5. The van der Waals surface area contributed by atoms with E-state index in [1.54, 1.807) is 4.90 Å². The van der Waals surface area contributed by atoms with Crippen LogP contribution in [0, 0.1) is 6.92 Å². The SMILES string of the molecule is Cc1cccn2c(CN(C)CCCN3CCCC3)c(C(=O)N(C)CCc3ccccc3)nc12. The van der Waals surface area contributed by atoms with Gasteiger partial charge in [-0.2, -0.15) is 0 Å². The van der Waals surface area contributed by atoms with E-state index >= 15 is 0 Å². The Kier molecular flexibility index (Phi) is 7.78. The minimum absolute atomic E-state index is 0.00509. The van der Waals surface area contributed by atoms with Crippen LogP contribution in [-0.2, 0) is 13.0 Å². The molecule has 0 saturated carbocycles. The van der Waals surface area contributed by atoms with Crippen LogP contribution < -0.4 is 0 Å². The van der Waals surface area contributed by atoms with Gasteiger partial charge in [0.15, 0.2) is 5.69 Å². The van der Waals surface area contributed by atoms with Crippen molar-refractivity contribution in [2.24, 2.45) is 0 Å². The van der Waals surface area contributed by atoms with Crippen LogP contribution >= 0.6 is 0 Å². The molecule has 1 amide bonds. The summed E-state index contributed by atoms with van der Waals surface area (Å²) in [7, 11) is 4.03. The van der Waals surface area contributed by atoms with Crippen molar-refractivity contribution in [1.29, 1.82) is 0 Å². The number of likely N-dealkylation sites (N-methyl/N-ethyl adjacent to an activating group) is 1. The maximum absolute atomic E-state index is 13.5. The second-order valence-corrected chi connectivity index (χ2v) is 9.39. The molecule has 0 bridgehead atoms. The Balaban J connectivity index is 1.47. The fourth-order valence-electron chi connectivity index (χ4n) is 4.70. The van der Waals surface area contributed by atoms with E-state index in [0.29, 0.717) is 18.8 Å². The highest BCUT2D eigenvalue weighted by Crippen LogP contribution is 2.19. The number of hydrogen-bond acceptors (Lipinski definition) is 4. The molecule has 1 aromatic carbocycles. The number of amides is 1. The largest absolute Gasteiger partial charge is 0.340 e. The van der Waals surface area contributed by atoms with Gasteiger partial charge in [-0.1, -0.05) is 36.4 Å². The van der Waals surface area contributed by atoms with Crippen molar-refractivity contribution >= 4 is 11.6 Å². The quantitative estimate of drug-likeness (QED) is 0.473. The standard InChI is InChI=1S/C27H37N5O/c1-22-11-9-19-32-24(21-29(2)15-10-18-31-16-7-8-17-31)25(28-26(22)32)27(33)30(3)20-14-23-12-5-4-6-13-23/h4-6,9,11-13,19H,7-8,10,14-18,20-21H2,1-3H3. The zero-order chi connectivity index (χ0) is 23.2. The number of rotatable bonds is 10. The molecular formula is C27H37N5O. The number of likely N-dealkylation sites (tertiary alicyclic amines) is 1. The molecule has 1 aliphatic heterocycles. The Morgan fingerprint density at radius 2 is 1.79 bits per heavy atom. The first kappa shape index (κ1) is 23.5. The smallest absolute Gasteiger partial charge is 0.274 e. The number of aromatic nitrogens is 2. The molecule has 33 heavy (non-hydrogen) atoms. The first-order valence-corrected chi connectivity index (χ1v) is 12.2. The van der Waals surface area contributed by atoms with Crippen molar-refractivity contribution in [2.75, 3.05) is 46.8 Å². The fourth-order valence-corrected chi connectivity index (χ4v) is 4.70. The van der Waals surface area contributed by atoms with Crippen molar-refractivity contribution in [3.63, 3.8) is 0 Å². The zero-order valence-corrected chi connectivity index (χ0v) is 20.3. The number of pyridine rings is 1. The summed E-state index contributed by atoms with van der Waals surface area (Å²) in [5, 5.41) is 0. The molecule has 3 aromatic rings. The summed E-state index contributed by atoms with van der Waals surface area (Å²) in [6, 6.07) is 14.4. The molecule has 176 valence electrons. The van der Waals surface area contributed by atoms with Gasteiger partial charge in [-0.15, -0.1) is 0 Å². The molecule has 6 heteroatoms. The lowest BCUT2D eigenvalue weighted by molar-refractivity contribution is 0.0789. The van der Waals surface area contributed by atoms with Crippen LogP contribution in [-0.4, -0.2) is 76.8 Å². The highest BCUT2D eigenvalue weighted by molar-refractivity contribution is 5.94. The Hall–Kier alpha value is -2.70. The van der Waals surface area contributed by atoms with Gasteiger partial charge in [0.05, 0.1) is 5.69 Å². The van der Waals surface area contributed by atoms with Crippen LogP contribution in [0.15, 0.2) is 48.7 Å². The van der Waals surface area contributed by atoms with Crippen molar-refractivity contribution in [2.45, 2.75) is 39.2 Å². The first-order chi connectivity index (χ1) is 16.0. The minimum atomic E-state index is -0.00509. The summed E-state index contributed by atoms with van der Waals surface area (Å²) >= 11 is 0. The lowest BCUT2D eigenvalue weighted by atomic mass is 10.1. The van der Waals surface area contributed by atoms with Crippen LogP contribution in [0.25, 0.3) is 5.65 Å². The van der Waals surface area contributed by atoms with Gasteiger partial charge in [0.2, 0.25) is 0 Å². The van der Waals surface area contributed by atoms with E-state index in [2.05, 4.69) is 46.4 Å². The summed E-state index contributed by atoms with van der Waals surface area (Å²) in [4.78, 5) is 25.0. The lowest BCUT2D eigenvalue weighted by Crippen LogP contribution is -2.31. The Morgan fingerprint density at radius 3 is 2.55 bits per heavy atom. The van der Waals surface area contributed by atoms with Gasteiger partial charge < -0.3 is 19.1 Å². The minimum Gasteiger partial charge on any atom is -0.340 e. The number of imidazole rings is 1. The number of hydrogen-bond donors (Lipinski definition) is 0. The maximum atomic E-state index is 13.5. The van der Waals surface area contributed by atoms with Crippen molar-refractivity contribution < 1.29 is 4.79 Å². The van der Waals surface area contributed by atoms with E-state index in [4.69, 9.17) is 4.98 Å². The summed E-state index contributed by atoms with van der Waals surface area (Å²) in [5.41, 5.74) is 4.75. The van der Waals surface area contributed by atoms with Crippen LogP contribution in [0.3, 0.4) is 0 Å². The molecular weight excluding hydrogens is 410 g/mol. The van der Waals surface area contributed by atoms with Crippen LogP contribution in [0.4, 0.5) is 0 Å². The number of carbonyl (C=O) groups is 1. The summed E-state index contributed by atoms with van der Waals surface area (Å²) in [5.74, 6) is -0.00509. The van der Waals surface area contributed by atoms with E-state index in [0.717, 1.165) is 42.8 Å². The molecule has 1 fully saturated rings. The number of benzene rings is 1. The fraction of sp³-hybridized carbons (Fsp3) is 0.481. The summed E-state index contributed by atoms with van der Waals surface area (Å²) in [6.07, 6.45) is 6.68. The van der Waals surface area contributed by atoms with Crippen LogP contribution in [0.1, 0.15) is 46.6 Å². The Labute approximate surface area is 197 Å². The monoisotopic (exact) mass is 447 g/mol. The van der Waals surface area contributed by atoms with E-state index in [9.17, 15) is 4.79 Å². The molecule has 0 radical (unpaired) electrons. The van der Waals surface area contributed by atoms with Gasteiger partial charge in [0.1, 0.15) is 5.65 Å². The Morgan fingerprint density at radius 1 is 1.03 bits per heavy atom. The van der Waals surface area contributed by atoms with E-state index in [1.165, 1.54) is 31.5 Å². The van der Waals surface area contributed by atoms with E-state index in [-0.39, 0.29) is 5.91 Å². The van der Waals surface area contributed by atoms with Crippen molar-refractivity contribution in [3.05, 3.63) is 71.2 Å². The highest BCUT2D eigenvalue weighted by Gasteiger charge is 2.23. The normalized spacial score (nSPS) is 14.4. The molecule has 2 aromatic heterocycles. The molecule has 0 aliphatic carbocycles. The Bertz CT molecular complexity index is 1060. The van der Waals surface area contributed by atoms with Gasteiger partial charge in [0, 0.05) is 26.3 Å². The molecule has 6 nitrogen and oxygen atoms in total. The van der Waals surface area contributed by atoms with E-state index < -0.39 is 0 Å². The van der Waals surface area contributed by atoms with Crippen LogP contribution in [0.5, 0.6) is 0 Å². The average molecular weight is 448 g/mol. The second-order valence-electron chi connectivity index (χ2n) is 9.39. The van der Waals surface area contributed by atoms with Crippen LogP contribution in [0.2, 0.25) is 0 Å². The molecule has 3 heterocycles. The zero-order valence-electron chi connectivity index (χ0n) is 20.3. The second kappa shape index (κ2) is 10.9. The molecule has 0 spiro atoms. The molecule has 0 atom stereocenters. The topological polar surface area (TPSA) is 44.1 Å². The third-order valence-corrected chi connectivity index (χ3v) is 6.70. The van der Waals surface area contributed by atoms with Gasteiger partial charge in [-0.25, -0.2) is 4.98 Å². The van der Waals surface area contributed by atoms with E-state index in [1.807, 2.05) is 37.5 Å². The van der Waals surface area contributed by atoms with Gasteiger partial charge in [0.25, 0.3) is 5.91 Å². The summed E-state index contributed by atoms with van der Waals surface area (Å²) < 4.78 is 2.10. The number of aryl methyl sites for hydroxylation is 1. The molecule has 1 aliphatic rings. The predicted octanol–water partition coefficient (Wildman–Crippen LogP) is 3.88. The van der Waals surface area contributed by atoms with Crippen molar-refractivity contribution in [3.8, 4) is 0 Å². The molecule has 4 rings (SSSR count). The van der Waals surface area contributed by atoms with Gasteiger partial charge in [-0.3, -0.25) is 4.79 Å². The number of carbonyl (C=O) groups excluding carboxylic acids is 1. The molecule has 0 N–H and O–H groups in total. The third kappa shape index (κ3) is 5.81. The third-order valence-electron chi connectivity index (χ3n) is 6.70. The lowest BCUT2D eigenvalue weighted by Gasteiger charge is -2.21. The predicted molar refractivity (Wildman–Crippen MR) is 134 cm³/mol. The van der Waals surface area contributed by atoms with Gasteiger partial charge in [-0.05, 0) is 83.0 Å². The number of fused-ring (bicyclic) bond motifs is 1. The maximum Gasteiger partial charge on any atom is 0.274 e. The molecule has 1 saturated heterocycles. The van der Waals surface area contributed by atoms with Crippen molar-refractivity contribution in [1.82, 2.24) is 24.1 Å². The molecule has 0 unspecified atom stereocenters. The summed E-state index contributed by atoms with van der Waals surface area (Å²) in [6.45, 7) is 8.07. The first-order valence-electron chi connectivity index (χ1n) is 12.2. The average Bonchev–Trinajstić information content (AvgIpc) is 3.47.